The van der Waals surface area contributed by atoms with Gasteiger partial charge >= 0.3 is 0 Å². The average Bonchev–Trinajstić information content (AvgIpc) is 2.75. The first kappa shape index (κ1) is 13.3. The van der Waals surface area contributed by atoms with Crippen molar-refractivity contribution in [3.05, 3.63) is 0 Å². The minimum atomic E-state index is 0.143. The van der Waals surface area contributed by atoms with E-state index in [2.05, 4.69) is 19.2 Å². The van der Waals surface area contributed by atoms with Gasteiger partial charge in [0.05, 0.1) is 18.3 Å². The van der Waals surface area contributed by atoms with Gasteiger partial charge < -0.3 is 14.8 Å². The first-order chi connectivity index (χ1) is 8.28. The highest BCUT2D eigenvalue weighted by Gasteiger charge is 2.41. The fraction of sp³-hybridized carbons (Fsp3) is 1.00. The molecule has 2 rings (SSSR count). The van der Waals surface area contributed by atoms with Crippen LogP contribution in [0.4, 0.5) is 0 Å². The predicted octanol–water partition coefficient (Wildman–Crippen LogP) is 2.35. The molecule has 0 aromatic rings. The average molecular weight is 241 g/mol. The quantitative estimate of drug-likeness (QED) is 0.801. The van der Waals surface area contributed by atoms with Crippen molar-refractivity contribution in [3.63, 3.8) is 0 Å². The first-order valence-corrected chi connectivity index (χ1v) is 7.24. The van der Waals surface area contributed by atoms with Gasteiger partial charge in [0.25, 0.3) is 0 Å². The molecule has 17 heavy (non-hydrogen) atoms. The summed E-state index contributed by atoms with van der Waals surface area (Å²) < 4.78 is 12.1. The van der Waals surface area contributed by atoms with E-state index in [1.54, 1.807) is 0 Å². The van der Waals surface area contributed by atoms with Crippen molar-refractivity contribution in [1.29, 1.82) is 0 Å². The van der Waals surface area contributed by atoms with Gasteiger partial charge in [-0.25, -0.2) is 0 Å². The van der Waals surface area contributed by atoms with E-state index in [4.69, 9.17) is 9.47 Å². The Hall–Kier alpha value is -0.120. The van der Waals surface area contributed by atoms with Crippen LogP contribution in [-0.4, -0.2) is 38.0 Å². The van der Waals surface area contributed by atoms with E-state index in [9.17, 15) is 0 Å². The van der Waals surface area contributed by atoms with Crippen molar-refractivity contribution in [2.45, 2.75) is 57.7 Å². The Morgan fingerprint density at radius 1 is 1.29 bits per heavy atom. The van der Waals surface area contributed by atoms with Crippen molar-refractivity contribution in [2.75, 3.05) is 26.3 Å². The van der Waals surface area contributed by atoms with Gasteiger partial charge in [-0.2, -0.15) is 0 Å². The number of nitrogens with one attached hydrogen (secondary N) is 1. The Morgan fingerprint density at radius 2 is 2.00 bits per heavy atom. The maximum atomic E-state index is 6.03. The molecule has 1 unspecified atom stereocenters. The second-order valence-corrected chi connectivity index (χ2v) is 5.59. The molecular weight excluding hydrogens is 214 g/mol. The normalized spacial score (nSPS) is 28.1. The Kier molecular flexibility index (Phi) is 4.83. The molecular formula is C14H27NO2. The van der Waals surface area contributed by atoms with Crippen LogP contribution >= 0.6 is 0 Å². The number of piperidine rings is 1. The van der Waals surface area contributed by atoms with Gasteiger partial charge in [0.15, 0.2) is 0 Å². The zero-order valence-electron chi connectivity index (χ0n) is 11.3. The zero-order valence-corrected chi connectivity index (χ0v) is 11.3. The largest absolute Gasteiger partial charge is 0.375 e. The molecule has 0 radical (unpaired) electrons. The number of ether oxygens (including phenoxy) is 2. The van der Waals surface area contributed by atoms with Crippen LogP contribution in [0.5, 0.6) is 0 Å². The summed E-state index contributed by atoms with van der Waals surface area (Å²) in [6.07, 6.45) is 6.19. The molecule has 2 heterocycles. The Balaban J connectivity index is 1.73. The standard InChI is InChI=1S/C14H27NO2/c1-3-12(4-2)10-16-13-9-14(17-11-13)5-7-15-8-6-14/h12-13,15H,3-11H2,1-2H3. The van der Waals surface area contributed by atoms with Crippen LogP contribution in [0.1, 0.15) is 46.0 Å². The fourth-order valence-corrected chi connectivity index (χ4v) is 2.94. The van der Waals surface area contributed by atoms with Gasteiger partial charge in [-0.3, -0.25) is 0 Å². The highest BCUT2D eigenvalue weighted by molar-refractivity contribution is 4.93. The summed E-state index contributed by atoms with van der Waals surface area (Å²) in [5.41, 5.74) is 0.143. The molecule has 0 aromatic carbocycles. The highest BCUT2D eigenvalue weighted by atomic mass is 16.6. The van der Waals surface area contributed by atoms with E-state index in [1.807, 2.05) is 0 Å². The molecule has 0 amide bonds. The lowest BCUT2D eigenvalue weighted by Gasteiger charge is -2.32. The third-order valence-corrected chi connectivity index (χ3v) is 4.41. The van der Waals surface area contributed by atoms with Crippen molar-refractivity contribution >= 4 is 0 Å². The number of hydrogen-bond donors (Lipinski definition) is 1. The first-order valence-electron chi connectivity index (χ1n) is 7.24. The number of hydrogen-bond acceptors (Lipinski definition) is 3. The summed E-state index contributed by atoms with van der Waals surface area (Å²) in [6, 6.07) is 0. The van der Waals surface area contributed by atoms with Crippen LogP contribution in [-0.2, 0) is 9.47 Å². The second kappa shape index (κ2) is 6.17. The van der Waals surface area contributed by atoms with Crippen molar-refractivity contribution in [2.24, 2.45) is 5.92 Å². The van der Waals surface area contributed by atoms with Crippen LogP contribution in [0.15, 0.2) is 0 Å². The maximum absolute atomic E-state index is 6.03. The minimum Gasteiger partial charge on any atom is -0.375 e. The van der Waals surface area contributed by atoms with Crippen LogP contribution < -0.4 is 5.32 Å². The van der Waals surface area contributed by atoms with E-state index >= 15 is 0 Å². The molecule has 3 nitrogen and oxygen atoms in total. The molecule has 0 aliphatic carbocycles. The lowest BCUT2D eigenvalue weighted by Crippen LogP contribution is -2.41. The summed E-state index contributed by atoms with van der Waals surface area (Å²) in [4.78, 5) is 0. The van der Waals surface area contributed by atoms with Gasteiger partial charge in [0.1, 0.15) is 0 Å². The highest BCUT2D eigenvalue weighted by Crippen LogP contribution is 2.35. The van der Waals surface area contributed by atoms with Gasteiger partial charge in [0.2, 0.25) is 0 Å². The maximum Gasteiger partial charge on any atom is 0.0836 e. The summed E-state index contributed by atoms with van der Waals surface area (Å²) in [6.45, 7) is 8.40. The third kappa shape index (κ3) is 3.43. The molecule has 1 atom stereocenters. The van der Waals surface area contributed by atoms with Crippen molar-refractivity contribution in [3.8, 4) is 0 Å². The molecule has 2 saturated heterocycles. The van der Waals surface area contributed by atoms with Crippen molar-refractivity contribution < 1.29 is 9.47 Å². The van der Waals surface area contributed by atoms with Gasteiger partial charge in [-0.1, -0.05) is 26.7 Å². The fourth-order valence-electron chi connectivity index (χ4n) is 2.94. The monoisotopic (exact) mass is 241 g/mol. The topological polar surface area (TPSA) is 30.5 Å². The molecule has 2 aliphatic rings. The molecule has 0 bridgehead atoms. The third-order valence-electron chi connectivity index (χ3n) is 4.41. The molecule has 0 aromatic heterocycles. The molecule has 100 valence electrons. The molecule has 1 spiro atoms. The van der Waals surface area contributed by atoms with E-state index < -0.39 is 0 Å². The summed E-state index contributed by atoms with van der Waals surface area (Å²) in [7, 11) is 0. The van der Waals surface area contributed by atoms with E-state index in [0.717, 1.165) is 51.5 Å². The zero-order chi connectivity index (χ0) is 12.1. The lowest BCUT2D eigenvalue weighted by molar-refractivity contribution is -0.0248. The number of rotatable bonds is 5. The van der Waals surface area contributed by atoms with Crippen molar-refractivity contribution in [1.82, 2.24) is 5.32 Å². The Morgan fingerprint density at radius 3 is 2.65 bits per heavy atom. The van der Waals surface area contributed by atoms with E-state index in [1.165, 1.54) is 12.8 Å². The molecule has 2 aliphatic heterocycles. The van der Waals surface area contributed by atoms with Crippen LogP contribution in [0.2, 0.25) is 0 Å². The Bertz CT molecular complexity index is 222. The minimum absolute atomic E-state index is 0.143. The summed E-state index contributed by atoms with van der Waals surface area (Å²) >= 11 is 0. The summed E-state index contributed by atoms with van der Waals surface area (Å²) in [5, 5.41) is 3.40. The predicted molar refractivity (Wildman–Crippen MR) is 69.2 cm³/mol. The van der Waals surface area contributed by atoms with E-state index in [-0.39, 0.29) is 5.60 Å². The summed E-state index contributed by atoms with van der Waals surface area (Å²) in [5.74, 6) is 0.722. The van der Waals surface area contributed by atoms with Crippen LogP contribution in [0.25, 0.3) is 0 Å². The van der Waals surface area contributed by atoms with E-state index in [0.29, 0.717) is 6.10 Å². The smallest absolute Gasteiger partial charge is 0.0836 e. The second-order valence-electron chi connectivity index (χ2n) is 5.59. The van der Waals surface area contributed by atoms with Gasteiger partial charge in [-0.05, 0) is 31.8 Å². The van der Waals surface area contributed by atoms with Gasteiger partial charge in [-0.15, -0.1) is 0 Å². The molecule has 2 fully saturated rings. The lowest BCUT2D eigenvalue weighted by atomic mass is 9.89. The van der Waals surface area contributed by atoms with Gasteiger partial charge in [0, 0.05) is 13.0 Å². The van der Waals surface area contributed by atoms with Crippen LogP contribution in [0.3, 0.4) is 0 Å². The molecule has 3 heteroatoms. The van der Waals surface area contributed by atoms with Crippen LogP contribution in [0, 0.1) is 5.92 Å². The SMILES string of the molecule is CCC(CC)COC1COC2(CCNCC2)C1. The Labute approximate surface area is 105 Å². The molecule has 0 saturated carbocycles. The molecule has 1 N–H and O–H groups in total.